The van der Waals surface area contributed by atoms with Crippen LogP contribution >= 0.6 is 0 Å². The zero-order valence-electron chi connectivity index (χ0n) is 20.3. The van der Waals surface area contributed by atoms with Crippen LogP contribution in [-0.4, -0.2) is 41.9 Å². The third-order valence-electron chi connectivity index (χ3n) is 5.33. The predicted molar refractivity (Wildman–Crippen MR) is 144 cm³/mol. The highest BCUT2D eigenvalue weighted by Gasteiger charge is 2.09. The third-order valence-corrected chi connectivity index (χ3v) is 6.46. The van der Waals surface area contributed by atoms with Crippen LogP contribution in [0, 0.1) is 5.82 Å². The number of anilines is 4. The maximum Gasteiger partial charge on any atom is 0.231 e. The van der Waals surface area contributed by atoms with Crippen LogP contribution in [0.4, 0.5) is 27.7 Å². The minimum absolute atomic E-state index is 0.242. The lowest BCUT2D eigenvalue weighted by Gasteiger charge is -2.12. The third kappa shape index (κ3) is 7.55. The number of hydrazone groups is 1. The topological polar surface area (TPSA) is 121 Å². The zero-order chi connectivity index (χ0) is 26.3. The zero-order valence-corrected chi connectivity index (χ0v) is 21.1. The monoisotopic (exact) mass is 519 g/mol. The van der Waals surface area contributed by atoms with Gasteiger partial charge in [-0.1, -0.05) is 12.1 Å². The van der Waals surface area contributed by atoms with Gasteiger partial charge in [0.2, 0.25) is 5.95 Å². The van der Waals surface area contributed by atoms with Gasteiger partial charge < -0.3 is 10.6 Å². The predicted octanol–water partition coefficient (Wildman–Crippen LogP) is 4.65. The lowest BCUT2D eigenvalue weighted by molar-refractivity contribution is 0.602. The largest absolute Gasteiger partial charge is 0.370 e. The minimum atomic E-state index is -3.27. The molecule has 9 nitrogen and oxygen atoms in total. The van der Waals surface area contributed by atoms with Crippen molar-refractivity contribution in [2.45, 2.75) is 18.2 Å². The molecule has 2 heterocycles. The molecular formula is C26H26FN7O2S. The highest BCUT2D eigenvalue weighted by atomic mass is 32.2. The first-order chi connectivity index (χ1) is 17.8. The van der Waals surface area contributed by atoms with Crippen molar-refractivity contribution >= 4 is 38.8 Å². The lowest BCUT2D eigenvalue weighted by atomic mass is 10.1. The Morgan fingerprint density at radius 1 is 0.946 bits per heavy atom. The van der Waals surface area contributed by atoms with Crippen LogP contribution in [0.25, 0.3) is 0 Å². The van der Waals surface area contributed by atoms with E-state index in [0.717, 1.165) is 17.5 Å². The molecule has 0 fully saturated rings. The van der Waals surface area contributed by atoms with Crippen molar-refractivity contribution in [1.29, 1.82) is 0 Å². The van der Waals surface area contributed by atoms with Gasteiger partial charge in [0.15, 0.2) is 15.7 Å². The number of aromatic nitrogens is 3. The number of halogens is 1. The molecular weight excluding hydrogens is 493 g/mol. The van der Waals surface area contributed by atoms with Gasteiger partial charge in [-0.3, -0.25) is 10.4 Å². The van der Waals surface area contributed by atoms with Crippen molar-refractivity contribution < 1.29 is 12.8 Å². The fourth-order valence-electron chi connectivity index (χ4n) is 3.35. The summed E-state index contributed by atoms with van der Waals surface area (Å²) in [4.78, 5) is 13.3. The van der Waals surface area contributed by atoms with E-state index >= 15 is 0 Å². The summed E-state index contributed by atoms with van der Waals surface area (Å²) in [6, 6.07) is 18.0. The summed E-state index contributed by atoms with van der Waals surface area (Å²) in [6.45, 7) is 2.43. The molecule has 0 saturated carbocycles. The average Bonchev–Trinajstić information content (AvgIpc) is 2.89. The normalized spacial score (nSPS) is 11.7. The number of nitrogens with zero attached hydrogens (tertiary/aromatic N) is 4. The van der Waals surface area contributed by atoms with Crippen LogP contribution < -0.4 is 16.1 Å². The molecule has 3 N–H and O–H groups in total. The first-order valence-corrected chi connectivity index (χ1v) is 13.3. The highest BCUT2D eigenvalue weighted by Crippen LogP contribution is 2.19. The van der Waals surface area contributed by atoms with Gasteiger partial charge in [0.05, 0.1) is 10.6 Å². The van der Waals surface area contributed by atoms with Gasteiger partial charge in [0.1, 0.15) is 11.6 Å². The summed E-state index contributed by atoms with van der Waals surface area (Å²) in [5.41, 5.74) is 6.11. The Hall–Kier alpha value is -4.38. The molecule has 37 heavy (non-hydrogen) atoms. The lowest BCUT2D eigenvalue weighted by Crippen LogP contribution is -2.10. The first-order valence-electron chi connectivity index (χ1n) is 11.4. The van der Waals surface area contributed by atoms with Gasteiger partial charge in [-0.15, -0.1) is 0 Å². The van der Waals surface area contributed by atoms with E-state index in [-0.39, 0.29) is 10.7 Å². The van der Waals surface area contributed by atoms with Crippen molar-refractivity contribution in [3.8, 4) is 0 Å². The van der Waals surface area contributed by atoms with Crippen LogP contribution in [-0.2, 0) is 16.3 Å². The highest BCUT2D eigenvalue weighted by molar-refractivity contribution is 7.90. The summed E-state index contributed by atoms with van der Waals surface area (Å²) in [7, 11) is -3.27. The first kappa shape index (κ1) is 25.7. The molecule has 4 rings (SSSR count). The second-order valence-electron chi connectivity index (χ2n) is 8.23. The number of hydrogen-bond donors (Lipinski definition) is 3. The summed E-state index contributed by atoms with van der Waals surface area (Å²) in [5.74, 6) is 0.961. The molecule has 0 aliphatic carbocycles. The average molecular weight is 520 g/mol. The smallest absolute Gasteiger partial charge is 0.231 e. The molecule has 0 bridgehead atoms. The molecule has 11 heteroatoms. The summed E-state index contributed by atoms with van der Waals surface area (Å²) >= 11 is 0. The molecule has 4 aromatic rings. The molecule has 2 aromatic carbocycles. The van der Waals surface area contributed by atoms with Crippen LogP contribution in [0.2, 0.25) is 0 Å². The number of rotatable bonds is 10. The number of nitrogens with one attached hydrogen (secondary N) is 3. The van der Waals surface area contributed by atoms with Crippen LogP contribution in [0.3, 0.4) is 0 Å². The quantitative estimate of drug-likeness (QED) is 0.205. The van der Waals surface area contributed by atoms with Gasteiger partial charge in [-0.2, -0.15) is 15.1 Å². The van der Waals surface area contributed by atoms with Crippen molar-refractivity contribution in [2.75, 3.05) is 28.9 Å². The van der Waals surface area contributed by atoms with Crippen molar-refractivity contribution in [1.82, 2.24) is 15.0 Å². The minimum Gasteiger partial charge on any atom is -0.370 e. The van der Waals surface area contributed by atoms with Crippen molar-refractivity contribution in [3.63, 3.8) is 0 Å². The van der Waals surface area contributed by atoms with E-state index in [9.17, 15) is 12.8 Å². The number of sulfone groups is 1. The van der Waals surface area contributed by atoms with Crippen LogP contribution in [0.5, 0.6) is 0 Å². The van der Waals surface area contributed by atoms with Crippen LogP contribution in [0.15, 0.2) is 89.1 Å². The van der Waals surface area contributed by atoms with Gasteiger partial charge in [0.25, 0.3) is 0 Å². The standard InChI is InChI=1S/C26H26FN7O2S/c1-18(20-3-9-23(10-4-20)37(2,35)36)33-34-25-17-24(29-16-13-19-11-14-28-15-12-19)31-26(32-25)30-22-7-5-21(27)6-8-22/h3-12,14-15,17H,13,16H2,1-2H3,(H3,29,30,31,32,34). The number of benzene rings is 2. The molecule has 0 atom stereocenters. The second kappa shape index (κ2) is 11.6. The Balaban J connectivity index is 1.52. The fraction of sp³-hybridized carbons (Fsp3) is 0.154. The van der Waals surface area contributed by atoms with E-state index in [2.05, 4.69) is 36.1 Å². The van der Waals surface area contributed by atoms with Gasteiger partial charge >= 0.3 is 0 Å². The Labute approximate surface area is 214 Å². The molecule has 0 aliphatic heterocycles. The van der Waals surface area contributed by atoms with E-state index < -0.39 is 9.84 Å². The van der Waals surface area contributed by atoms with Gasteiger partial charge in [0, 0.05) is 36.9 Å². The number of hydrogen-bond acceptors (Lipinski definition) is 9. The van der Waals surface area contributed by atoms with E-state index in [1.807, 2.05) is 12.1 Å². The molecule has 0 unspecified atom stereocenters. The van der Waals surface area contributed by atoms with E-state index in [0.29, 0.717) is 35.5 Å². The Morgan fingerprint density at radius 3 is 2.30 bits per heavy atom. The Bertz CT molecular complexity index is 1480. The second-order valence-corrected chi connectivity index (χ2v) is 10.2. The fourth-order valence-corrected chi connectivity index (χ4v) is 3.98. The van der Waals surface area contributed by atoms with Crippen LogP contribution in [0.1, 0.15) is 18.1 Å². The molecule has 2 aromatic heterocycles. The van der Waals surface area contributed by atoms with Crippen molar-refractivity contribution in [2.24, 2.45) is 5.10 Å². The summed E-state index contributed by atoms with van der Waals surface area (Å²) in [5, 5.41) is 10.8. The summed E-state index contributed by atoms with van der Waals surface area (Å²) < 4.78 is 36.7. The Kier molecular flexibility index (Phi) is 8.04. The van der Waals surface area contributed by atoms with E-state index in [4.69, 9.17) is 0 Å². The van der Waals surface area contributed by atoms with Crippen molar-refractivity contribution in [3.05, 3.63) is 96.1 Å². The van der Waals surface area contributed by atoms with Gasteiger partial charge in [-0.25, -0.2) is 12.8 Å². The summed E-state index contributed by atoms with van der Waals surface area (Å²) in [6.07, 6.45) is 5.44. The maximum absolute atomic E-state index is 13.3. The molecule has 0 amide bonds. The Morgan fingerprint density at radius 2 is 1.62 bits per heavy atom. The molecule has 0 radical (unpaired) electrons. The molecule has 0 aliphatic rings. The number of pyridine rings is 1. The molecule has 190 valence electrons. The van der Waals surface area contributed by atoms with Gasteiger partial charge in [-0.05, 0) is 73.0 Å². The SMILES string of the molecule is CC(=NNc1cc(NCCc2ccncc2)nc(Nc2ccc(F)cc2)n1)c1ccc(S(C)(=O)=O)cc1. The maximum atomic E-state index is 13.3. The molecule has 0 spiro atoms. The van der Waals surface area contributed by atoms with E-state index in [1.165, 1.54) is 18.4 Å². The molecule has 0 saturated heterocycles. The van der Waals surface area contributed by atoms with E-state index in [1.54, 1.807) is 61.8 Å².